The van der Waals surface area contributed by atoms with Gasteiger partial charge in [0.1, 0.15) is 5.25 Å². The summed E-state index contributed by atoms with van der Waals surface area (Å²) in [5.74, 6) is -0.421. The van der Waals surface area contributed by atoms with Crippen LogP contribution in [0.5, 0.6) is 0 Å². The molecule has 1 aromatic heterocycles. The van der Waals surface area contributed by atoms with Gasteiger partial charge < -0.3 is 0 Å². The number of nitrogens with zero attached hydrogens (tertiary/aromatic N) is 3. The molecule has 0 bridgehead atoms. The second kappa shape index (κ2) is 7.09. The molecule has 0 aliphatic carbocycles. The van der Waals surface area contributed by atoms with Gasteiger partial charge in [0.05, 0.1) is 5.69 Å². The predicted octanol–water partition coefficient (Wildman–Crippen LogP) is 3.57. The molecule has 2 heterocycles. The number of imide groups is 1. The molecule has 1 atom stereocenters. The zero-order valence-electron chi connectivity index (χ0n) is 13.8. The number of aromatic nitrogens is 2. The number of carbonyl (C=O) groups is 2. The summed E-state index contributed by atoms with van der Waals surface area (Å²) < 4.78 is 0. The number of benzene rings is 2. The molecule has 6 heteroatoms. The minimum absolute atomic E-state index is 0.155. The van der Waals surface area contributed by atoms with Gasteiger partial charge in [0.2, 0.25) is 11.8 Å². The Bertz CT molecular complexity index is 930. The van der Waals surface area contributed by atoms with Crippen LogP contribution in [0.15, 0.2) is 78.2 Å². The molecular weight excluding hydrogens is 346 g/mol. The fraction of sp³-hybridized carbons (Fsp3) is 0.100. The highest BCUT2D eigenvalue weighted by Crippen LogP contribution is 2.33. The second-order valence-corrected chi connectivity index (χ2v) is 6.99. The SMILES string of the molecule is O=C1C[C@H](Sc2ncccn2)C(=O)N1c1ccc(-c2ccccc2)cc1. The molecule has 2 aromatic carbocycles. The standard InChI is InChI=1S/C20H15N3O2S/c24-18-13-17(26-20-21-11-4-12-22-20)19(25)23(18)16-9-7-15(8-10-16)14-5-2-1-3-6-14/h1-12,17H,13H2/t17-/m0/s1. The van der Waals surface area contributed by atoms with Gasteiger partial charge in [-0.25, -0.2) is 14.9 Å². The van der Waals surface area contributed by atoms with Crippen LogP contribution in [0.3, 0.4) is 0 Å². The lowest BCUT2D eigenvalue weighted by Gasteiger charge is -2.15. The van der Waals surface area contributed by atoms with Gasteiger partial charge >= 0.3 is 0 Å². The summed E-state index contributed by atoms with van der Waals surface area (Å²) >= 11 is 1.23. The van der Waals surface area contributed by atoms with Crippen LogP contribution in [0, 0.1) is 0 Å². The Morgan fingerprint density at radius 1 is 0.846 bits per heavy atom. The van der Waals surface area contributed by atoms with Crippen molar-refractivity contribution in [3.05, 3.63) is 73.1 Å². The zero-order chi connectivity index (χ0) is 17.9. The van der Waals surface area contributed by atoms with Crippen LogP contribution in [0.1, 0.15) is 6.42 Å². The van der Waals surface area contributed by atoms with Crippen molar-refractivity contribution in [1.82, 2.24) is 9.97 Å². The molecule has 128 valence electrons. The molecule has 5 nitrogen and oxygen atoms in total. The molecule has 26 heavy (non-hydrogen) atoms. The van der Waals surface area contributed by atoms with Crippen molar-refractivity contribution < 1.29 is 9.59 Å². The molecule has 1 saturated heterocycles. The molecule has 0 radical (unpaired) electrons. The van der Waals surface area contributed by atoms with E-state index in [-0.39, 0.29) is 18.2 Å². The summed E-state index contributed by atoms with van der Waals surface area (Å²) in [6, 6.07) is 19.1. The molecule has 2 amide bonds. The van der Waals surface area contributed by atoms with E-state index < -0.39 is 5.25 Å². The van der Waals surface area contributed by atoms with Gasteiger partial charge in [-0.3, -0.25) is 9.59 Å². The first-order valence-corrected chi connectivity index (χ1v) is 9.06. The van der Waals surface area contributed by atoms with Crippen LogP contribution < -0.4 is 4.90 Å². The van der Waals surface area contributed by atoms with E-state index in [0.29, 0.717) is 10.8 Å². The molecule has 1 fully saturated rings. The topological polar surface area (TPSA) is 63.2 Å². The Morgan fingerprint density at radius 2 is 1.50 bits per heavy atom. The van der Waals surface area contributed by atoms with Crippen molar-refractivity contribution in [2.75, 3.05) is 4.90 Å². The fourth-order valence-electron chi connectivity index (χ4n) is 2.87. The lowest BCUT2D eigenvalue weighted by Crippen LogP contribution is -2.31. The molecule has 0 unspecified atom stereocenters. The van der Waals surface area contributed by atoms with Gasteiger partial charge in [-0.05, 0) is 29.3 Å². The van der Waals surface area contributed by atoms with Crippen LogP contribution >= 0.6 is 11.8 Å². The van der Waals surface area contributed by atoms with E-state index in [4.69, 9.17) is 0 Å². The monoisotopic (exact) mass is 361 g/mol. The van der Waals surface area contributed by atoms with Gasteiger partial charge in [-0.2, -0.15) is 0 Å². The molecule has 4 rings (SSSR count). The number of thioether (sulfide) groups is 1. The van der Waals surface area contributed by atoms with Gasteiger partial charge in [0.15, 0.2) is 5.16 Å². The number of anilines is 1. The maximum atomic E-state index is 12.7. The van der Waals surface area contributed by atoms with Crippen molar-refractivity contribution in [3.63, 3.8) is 0 Å². The summed E-state index contributed by atoms with van der Waals surface area (Å²) in [7, 11) is 0. The maximum Gasteiger partial charge on any atom is 0.247 e. The minimum atomic E-state index is -0.487. The smallest absolute Gasteiger partial charge is 0.247 e. The molecular formula is C20H15N3O2S. The van der Waals surface area contributed by atoms with Crippen molar-refractivity contribution >= 4 is 29.3 Å². The molecule has 0 spiro atoms. The first-order valence-electron chi connectivity index (χ1n) is 8.18. The first kappa shape index (κ1) is 16.5. The van der Waals surface area contributed by atoms with Crippen LogP contribution in [0.25, 0.3) is 11.1 Å². The van der Waals surface area contributed by atoms with E-state index in [0.717, 1.165) is 11.1 Å². The summed E-state index contributed by atoms with van der Waals surface area (Å²) in [6.07, 6.45) is 3.40. The molecule has 1 aliphatic rings. The van der Waals surface area contributed by atoms with Gasteiger partial charge in [-0.1, -0.05) is 54.2 Å². The Labute approximate surface area is 155 Å². The Hall–Kier alpha value is -2.99. The number of rotatable bonds is 4. The van der Waals surface area contributed by atoms with E-state index in [1.807, 2.05) is 54.6 Å². The molecule has 0 saturated carbocycles. The van der Waals surface area contributed by atoms with Gasteiger partial charge in [0.25, 0.3) is 0 Å². The van der Waals surface area contributed by atoms with E-state index in [9.17, 15) is 9.59 Å². The van der Waals surface area contributed by atoms with E-state index in [1.165, 1.54) is 16.7 Å². The van der Waals surface area contributed by atoms with Gasteiger partial charge in [0, 0.05) is 18.8 Å². The summed E-state index contributed by atoms with van der Waals surface area (Å²) in [5, 5.41) is 0.0126. The van der Waals surface area contributed by atoms with E-state index in [2.05, 4.69) is 9.97 Å². The normalized spacial score (nSPS) is 16.9. The van der Waals surface area contributed by atoms with Crippen LogP contribution in [-0.2, 0) is 9.59 Å². The Kier molecular flexibility index (Phi) is 4.50. The number of hydrogen-bond acceptors (Lipinski definition) is 5. The third kappa shape index (κ3) is 3.23. The third-order valence-electron chi connectivity index (χ3n) is 4.13. The van der Waals surface area contributed by atoms with Crippen molar-refractivity contribution in [1.29, 1.82) is 0 Å². The third-order valence-corrected chi connectivity index (χ3v) is 5.20. The quantitative estimate of drug-likeness (QED) is 0.525. The summed E-state index contributed by atoms with van der Waals surface area (Å²) in [4.78, 5) is 34.6. The second-order valence-electron chi connectivity index (χ2n) is 5.82. The highest BCUT2D eigenvalue weighted by Gasteiger charge is 2.40. The minimum Gasteiger partial charge on any atom is -0.274 e. The van der Waals surface area contributed by atoms with Crippen LogP contribution in [0.2, 0.25) is 0 Å². The first-order chi connectivity index (χ1) is 12.7. The average molecular weight is 361 g/mol. The predicted molar refractivity (Wildman–Crippen MR) is 101 cm³/mol. The van der Waals surface area contributed by atoms with E-state index in [1.54, 1.807) is 18.5 Å². The number of hydrogen-bond donors (Lipinski definition) is 0. The lowest BCUT2D eigenvalue weighted by molar-refractivity contribution is -0.121. The van der Waals surface area contributed by atoms with Crippen molar-refractivity contribution in [2.45, 2.75) is 16.8 Å². The van der Waals surface area contributed by atoms with Crippen molar-refractivity contribution in [2.24, 2.45) is 0 Å². The van der Waals surface area contributed by atoms with Crippen LogP contribution in [-0.4, -0.2) is 27.0 Å². The van der Waals surface area contributed by atoms with E-state index >= 15 is 0 Å². The zero-order valence-corrected chi connectivity index (χ0v) is 14.6. The highest BCUT2D eigenvalue weighted by atomic mass is 32.2. The average Bonchev–Trinajstić information content (AvgIpc) is 2.97. The largest absolute Gasteiger partial charge is 0.274 e. The highest BCUT2D eigenvalue weighted by molar-refractivity contribution is 8.00. The van der Waals surface area contributed by atoms with Crippen LogP contribution in [0.4, 0.5) is 5.69 Å². The number of carbonyl (C=O) groups excluding carboxylic acids is 2. The Balaban J connectivity index is 1.54. The number of amides is 2. The summed E-state index contributed by atoms with van der Waals surface area (Å²) in [6.45, 7) is 0. The lowest BCUT2D eigenvalue weighted by atomic mass is 10.1. The maximum absolute atomic E-state index is 12.7. The van der Waals surface area contributed by atoms with Crippen molar-refractivity contribution in [3.8, 4) is 11.1 Å². The molecule has 1 aliphatic heterocycles. The fourth-order valence-corrected chi connectivity index (χ4v) is 3.80. The molecule has 0 N–H and O–H groups in total. The summed E-state index contributed by atoms with van der Waals surface area (Å²) in [5.41, 5.74) is 2.72. The molecule has 3 aromatic rings. The van der Waals surface area contributed by atoms with Gasteiger partial charge in [-0.15, -0.1) is 0 Å². The Morgan fingerprint density at radius 3 is 2.19 bits per heavy atom.